The standard InChI is InChI=1S/C22H34N4O2/c1-20(9-11-25-16-18-28-19-17-25)23-22(27)26-14-12-24(13-15-26)10-5-8-21-6-3-2-4-7-21/h2-8,20H,9-19H2,1H3,(H,23,27)/b8-5+/t20-/m1/s1. The van der Waals surface area contributed by atoms with Gasteiger partial charge in [-0.1, -0.05) is 42.5 Å². The molecule has 2 amide bonds. The van der Waals surface area contributed by atoms with Gasteiger partial charge in [0.1, 0.15) is 0 Å². The third-order valence-electron chi connectivity index (χ3n) is 5.48. The Morgan fingerprint density at radius 3 is 2.50 bits per heavy atom. The van der Waals surface area contributed by atoms with E-state index >= 15 is 0 Å². The van der Waals surface area contributed by atoms with E-state index in [1.165, 1.54) is 5.56 Å². The topological polar surface area (TPSA) is 48.1 Å². The molecule has 1 atom stereocenters. The smallest absolute Gasteiger partial charge is 0.317 e. The summed E-state index contributed by atoms with van der Waals surface area (Å²) in [6.07, 6.45) is 5.35. The van der Waals surface area contributed by atoms with Crippen LogP contribution in [-0.4, -0.2) is 92.3 Å². The van der Waals surface area contributed by atoms with Crippen molar-refractivity contribution in [3.63, 3.8) is 0 Å². The lowest BCUT2D eigenvalue weighted by molar-refractivity contribution is 0.0364. The number of hydrogen-bond donors (Lipinski definition) is 1. The van der Waals surface area contributed by atoms with Gasteiger partial charge in [0.05, 0.1) is 13.2 Å². The van der Waals surface area contributed by atoms with Gasteiger partial charge in [0.15, 0.2) is 0 Å². The number of nitrogens with one attached hydrogen (secondary N) is 1. The van der Waals surface area contributed by atoms with Crippen molar-refractivity contribution in [3.05, 3.63) is 42.0 Å². The number of ether oxygens (including phenoxy) is 1. The van der Waals surface area contributed by atoms with Gasteiger partial charge in [-0.2, -0.15) is 0 Å². The van der Waals surface area contributed by atoms with E-state index in [-0.39, 0.29) is 12.1 Å². The average Bonchev–Trinajstić information content (AvgIpc) is 2.74. The second-order valence-electron chi connectivity index (χ2n) is 7.69. The minimum absolute atomic E-state index is 0.0777. The molecule has 3 rings (SSSR count). The summed E-state index contributed by atoms with van der Waals surface area (Å²) in [5.74, 6) is 0. The fraction of sp³-hybridized carbons (Fsp3) is 0.591. The van der Waals surface area contributed by atoms with Crippen molar-refractivity contribution in [1.29, 1.82) is 0 Å². The fourth-order valence-corrected chi connectivity index (χ4v) is 3.61. The normalized spacial score (nSPS) is 20.4. The molecule has 0 spiro atoms. The van der Waals surface area contributed by atoms with Crippen LogP contribution in [0.25, 0.3) is 6.08 Å². The highest BCUT2D eigenvalue weighted by atomic mass is 16.5. The Balaban J connectivity index is 1.31. The van der Waals surface area contributed by atoms with Crippen LogP contribution >= 0.6 is 0 Å². The number of nitrogens with zero attached hydrogens (tertiary/aromatic N) is 3. The first-order valence-corrected chi connectivity index (χ1v) is 10.5. The Kier molecular flexibility index (Phi) is 8.33. The number of benzene rings is 1. The van der Waals surface area contributed by atoms with Gasteiger partial charge in [-0.05, 0) is 18.9 Å². The molecule has 1 aromatic carbocycles. The van der Waals surface area contributed by atoms with Gasteiger partial charge in [0, 0.05) is 58.4 Å². The van der Waals surface area contributed by atoms with E-state index in [0.29, 0.717) is 0 Å². The van der Waals surface area contributed by atoms with E-state index in [1.807, 2.05) is 11.0 Å². The number of piperazine rings is 1. The molecule has 0 aliphatic carbocycles. The average molecular weight is 387 g/mol. The lowest BCUT2D eigenvalue weighted by atomic mass is 10.2. The summed E-state index contributed by atoms with van der Waals surface area (Å²) in [4.78, 5) is 19.3. The van der Waals surface area contributed by atoms with E-state index in [0.717, 1.165) is 72.0 Å². The molecular formula is C22H34N4O2. The Labute approximate surface area is 169 Å². The summed E-state index contributed by atoms with van der Waals surface area (Å²) in [5.41, 5.74) is 1.23. The zero-order chi connectivity index (χ0) is 19.6. The van der Waals surface area contributed by atoms with Crippen LogP contribution in [0.1, 0.15) is 18.9 Å². The highest BCUT2D eigenvalue weighted by Gasteiger charge is 2.21. The molecule has 0 bridgehead atoms. The summed E-state index contributed by atoms with van der Waals surface area (Å²) in [5, 5.41) is 3.17. The number of amides is 2. The summed E-state index contributed by atoms with van der Waals surface area (Å²) in [6.45, 7) is 11.1. The minimum Gasteiger partial charge on any atom is -0.379 e. The van der Waals surface area contributed by atoms with Crippen molar-refractivity contribution in [2.45, 2.75) is 19.4 Å². The van der Waals surface area contributed by atoms with Crippen molar-refractivity contribution < 1.29 is 9.53 Å². The minimum atomic E-state index is 0.0777. The molecule has 0 radical (unpaired) electrons. The Morgan fingerprint density at radius 1 is 1.07 bits per heavy atom. The van der Waals surface area contributed by atoms with E-state index < -0.39 is 0 Å². The van der Waals surface area contributed by atoms with Crippen LogP contribution in [0.3, 0.4) is 0 Å². The molecule has 2 saturated heterocycles. The second kappa shape index (κ2) is 11.2. The first kappa shape index (κ1) is 20.8. The SMILES string of the molecule is C[C@H](CCN1CCOCC1)NC(=O)N1CCN(C/C=C/c2ccccc2)CC1. The van der Waals surface area contributed by atoms with Crippen LogP contribution in [-0.2, 0) is 4.74 Å². The van der Waals surface area contributed by atoms with Crippen LogP contribution in [0.4, 0.5) is 4.79 Å². The molecule has 2 heterocycles. The number of carbonyl (C=O) groups excluding carboxylic acids is 1. The Morgan fingerprint density at radius 2 is 1.79 bits per heavy atom. The molecule has 6 nitrogen and oxygen atoms in total. The van der Waals surface area contributed by atoms with Gasteiger partial charge in [-0.25, -0.2) is 4.79 Å². The number of morpholine rings is 1. The molecule has 0 saturated carbocycles. The molecular weight excluding hydrogens is 352 g/mol. The molecule has 0 unspecified atom stereocenters. The Hall–Kier alpha value is -1.89. The van der Waals surface area contributed by atoms with Crippen LogP contribution in [0.5, 0.6) is 0 Å². The van der Waals surface area contributed by atoms with E-state index in [9.17, 15) is 4.79 Å². The third-order valence-corrected chi connectivity index (χ3v) is 5.48. The lowest BCUT2D eigenvalue weighted by Crippen LogP contribution is -2.53. The first-order chi connectivity index (χ1) is 13.7. The first-order valence-electron chi connectivity index (χ1n) is 10.5. The van der Waals surface area contributed by atoms with Gasteiger partial charge in [-0.3, -0.25) is 9.80 Å². The zero-order valence-electron chi connectivity index (χ0n) is 17.1. The van der Waals surface area contributed by atoms with Crippen molar-refractivity contribution in [2.24, 2.45) is 0 Å². The maximum atomic E-state index is 12.5. The number of hydrogen-bond acceptors (Lipinski definition) is 4. The molecule has 0 aromatic heterocycles. The molecule has 1 aromatic rings. The van der Waals surface area contributed by atoms with Crippen LogP contribution in [0.15, 0.2) is 36.4 Å². The molecule has 6 heteroatoms. The van der Waals surface area contributed by atoms with Gasteiger partial charge in [0.25, 0.3) is 0 Å². The monoisotopic (exact) mass is 386 g/mol. The predicted molar refractivity (Wildman–Crippen MR) is 113 cm³/mol. The molecule has 2 aliphatic rings. The maximum Gasteiger partial charge on any atom is 0.317 e. The largest absolute Gasteiger partial charge is 0.379 e. The third kappa shape index (κ3) is 6.93. The Bertz CT molecular complexity index is 608. The van der Waals surface area contributed by atoms with Gasteiger partial charge < -0.3 is 15.0 Å². The van der Waals surface area contributed by atoms with Gasteiger partial charge >= 0.3 is 6.03 Å². The van der Waals surface area contributed by atoms with E-state index in [1.54, 1.807) is 0 Å². The van der Waals surface area contributed by atoms with Crippen molar-refractivity contribution in [2.75, 3.05) is 65.6 Å². The lowest BCUT2D eigenvalue weighted by Gasteiger charge is -2.35. The highest BCUT2D eigenvalue weighted by molar-refractivity contribution is 5.74. The molecule has 2 fully saturated rings. The number of carbonyl (C=O) groups is 1. The number of urea groups is 1. The van der Waals surface area contributed by atoms with E-state index in [2.05, 4.69) is 58.5 Å². The van der Waals surface area contributed by atoms with Crippen LogP contribution in [0, 0.1) is 0 Å². The van der Waals surface area contributed by atoms with Crippen molar-refractivity contribution in [3.8, 4) is 0 Å². The summed E-state index contributed by atoms with van der Waals surface area (Å²) in [7, 11) is 0. The summed E-state index contributed by atoms with van der Waals surface area (Å²) < 4.78 is 5.38. The second-order valence-corrected chi connectivity index (χ2v) is 7.69. The predicted octanol–water partition coefficient (Wildman–Crippen LogP) is 2.14. The van der Waals surface area contributed by atoms with Gasteiger partial charge in [0.2, 0.25) is 0 Å². The highest BCUT2D eigenvalue weighted by Crippen LogP contribution is 2.06. The van der Waals surface area contributed by atoms with Gasteiger partial charge in [-0.15, -0.1) is 0 Å². The summed E-state index contributed by atoms with van der Waals surface area (Å²) in [6, 6.07) is 10.6. The summed E-state index contributed by atoms with van der Waals surface area (Å²) >= 11 is 0. The molecule has 2 aliphatic heterocycles. The molecule has 154 valence electrons. The molecule has 28 heavy (non-hydrogen) atoms. The number of rotatable bonds is 7. The van der Waals surface area contributed by atoms with Crippen LogP contribution in [0.2, 0.25) is 0 Å². The van der Waals surface area contributed by atoms with Crippen molar-refractivity contribution in [1.82, 2.24) is 20.0 Å². The van der Waals surface area contributed by atoms with E-state index in [4.69, 9.17) is 4.74 Å². The quantitative estimate of drug-likeness (QED) is 0.780. The zero-order valence-corrected chi connectivity index (χ0v) is 17.1. The van der Waals surface area contributed by atoms with Crippen molar-refractivity contribution >= 4 is 12.1 Å². The molecule has 1 N–H and O–H groups in total. The maximum absolute atomic E-state index is 12.5. The fourth-order valence-electron chi connectivity index (χ4n) is 3.61. The van der Waals surface area contributed by atoms with Crippen LogP contribution < -0.4 is 5.32 Å².